The van der Waals surface area contributed by atoms with Crippen molar-refractivity contribution in [3.05, 3.63) is 16.9 Å². The summed E-state index contributed by atoms with van der Waals surface area (Å²) in [4.78, 5) is 20.2. The first-order valence-electron chi connectivity index (χ1n) is 4.07. The van der Waals surface area contributed by atoms with Crippen molar-refractivity contribution in [2.45, 2.75) is 6.92 Å². The Morgan fingerprint density at radius 1 is 1.67 bits per heavy atom. The van der Waals surface area contributed by atoms with Gasteiger partial charge in [-0.3, -0.25) is 15.2 Å². The number of nitrogens with zero attached hydrogens (tertiary/aromatic N) is 3. The smallest absolute Gasteiger partial charge is 0.294 e. The maximum Gasteiger partial charge on any atom is 0.294 e. The highest BCUT2D eigenvalue weighted by atomic mass is 32.1. The summed E-state index contributed by atoms with van der Waals surface area (Å²) in [5.41, 5.74) is 5.27. The molecular weight excluding hydrogens is 216 g/mol. The van der Waals surface area contributed by atoms with E-state index in [0.717, 1.165) is 4.88 Å². The molecule has 0 saturated carbocycles. The van der Waals surface area contributed by atoms with Crippen molar-refractivity contribution in [1.29, 1.82) is 0 Å². The quantitative estimate of drug-likeness (QED) is 0.684. The van der Waals surface area contributed by atoms with Gasteiger partial charge in [0.1, 0.15) is 0 Å². The number of carbonyl (C=O) groups is 1. The lowest BCUT2D eigenvalue weighted by Gasteiger charge is -1.95. The summed E-state index contributed by atoms with van der Waals surface area (Å²) in [6.07, 6.45) is 1.68. The molecule has 15 heavy (non-hydrogen) atoms. The first-order valence-corrected chi connectivity index (χ1v) is 4.88. The molecule has 78 valence electrons. The Bertz CT molecular complexity index is 489. The van der Waals surface area contributed by atoms with E-state index in [1.54, 1.807) is 6.20 Å². The minimum atomic E-state index is -0.409. The summed E-state index contributed by atoms with van der Waals surface area (Å²) >= 11 is 1.38. The van der Waals surface area contributed by atoms with Crippen LogP contribution in [0.2, 0.25) is 0 Å². The van der Waals surface area contributed by atoms with Crippen LogP contribution in [0.1, 0.15) is 15.5 Å². The number of nitrogen functional groups attached to an aromatic ring is 1. The highest BCUT2D eigenvalue weighted by molar-refractivity contribution is 7.15. The fourth-order valence-corrected chi connectivity index (χ4v) is 1.60. The van der Waals surface area contributed by atoms with Crippen LogP contribution in [-0.2, 0) is 0 Å². The SMILES string of the molecule is Cc1cnc(NC(=O)c2nc(N)n[nH]2)s1. The molecule has 0 atom stereocenters. The third-order valence-electron chi connectivity index (χ3n) is 1.56. The van der Waals surface area contributed by atoms with E-state index in [1.807, 2.05) is 6.92 Å². The molecule has 0 fully saturated rings. The number of rotatable bonds is 2. The van der Waals surface area contributed by atoms with Crippen LogP contribution in [0.5, 0.6) is 0 Å². The molecule has 0 aromatic carbocycles. The Labute approximate surface area is 88.7 Å². The van der Waals surface area contributed by atoms with Crippen LogP contribution in [-0.4, -0.2) is 26.1 Å². The number of aromatic nitrogens is 4. The average molecular weight is 224 g/mol. The van der Waals surface area contributed by atoms with E-state index >= 15 is 0 Å². The van der Waals surface area contributed by atoms with E-state index in [-0.39, 0.29) is 11.8 Å². The molecule has 2 aromatic rings. The molecule has 0 spiro atoms. The standard InChI is InChI=1S/C7H8N6OS/c1-3-2-9-7(15-3)11-5(14)4-10-6(8)13-12-4/h2H,1H3,(H,9,11,14)(H3,8,10,12,13). The van der Waals surface area contributed by atoms with E-state index in [2.05, 4.69) is 25.5 Å². The van der Waals surface area contributed by atoms with Crippen LogP contribution in [0.25, 0.3) is 0 Å². The van der Waals surface area contributed by atoms with Gasteiger partial charge < -0.3 is 5.73 Å². The number of nitrogens with one attached hydrogen (secondary N) is 2. The van der Waals surface area contributed by atoms with E-state index in [0.29, 0.717) is 5.13 Å². The Kier molecular flexibility index (Phi) is 2.34. The molecule has 7 nitrogen and oxygen atoms in total. The van der Waals surface area contributed by atoms with Gasteiger partial charge in [0, 0.05) is 11.1 Å². The van der Waals surface area contributed by atoms with Crippen molar-refractivity contribution in [1.82, 2.24) is 20.2 Å². The Hall–Kier alpha value is -1.96. The molecule has 0 unspecified atom stereocenters. The lowest BCUT2D eigenvalue weighted by molar-refractivity contribution is 0.101. The molecule has 0 aliphatic heterocycles. The molecular formula is C7H8N6OS. The number of hydrogen-bond acceptors (Lipinski definition) is 6. The van der Waals surface area contributed by atoms with Crippen LogP contribution in [0, 0.1) is 6.92 Å². The van der Waals surface area contributed by atoms with Gasteiger partial charge in [0.05, 0.1) is 0 Å². The molecule has 0 aliphatic carbocycles. The number of amides is 1. The van der Waals surface area contributed by atoms with Crippen molar-refractivity contribution in [3.8, 4) is 0 Å². The summed E-state index contributed by atoms with van der Waals surface area (Å²) in [7, 11) is 0. The third kappa shape index (κ3) is 2.10. The fraction of sp³-hybridized carbons (Fsp3) is 0.143. The predicted molar refractivity (Wildman–Crippen MR) is 55.6 cm³/mol. The van der Waals surface area contributed by atoms with E-state index in [9.17, 15) is 4.79 Å². The molecule has 0 bridgehead atoms. The summed E-state index contributed by atoms with van der Waals surface area (Å²) in [5, 5.41) is 9.05. The summed E-state index contributed by atoms with van der Waals surface area (Å²) in [6, 6.07) is 0. The monoisotopic (exact) mass is 224 g/mol. The van der Waals surface area contributed by atoms with Gasteiger partial charge in [0.15, 0.2) is 5.13 Å². The zero-order valence-electron chi connectivity index (χ0n) is 7.81. The second kappa shape index (κ2) is 3.65. The summed E-state index contributed by atoms with van der Waals surface area (Å²) in [5.74, 6) is -0.302. The van der Waals surface area contributed by atoms with Crippen LogP contribution in [0.3, 0.4) is 0 Å². The van der Waals surface area contributed by atoms with Crippen LogP contribution in [0.15, 0.2) is 6.20 Å². The topological polar surface area (TPSA) is 110 Å². The summed E-state index contributed by atoms with van der Waals surface area (Å²) < 4.78 is 0. The van der Waals surface area contributed by atoms with Crippen molar-refractivity contribution in [3.63, 3.8) is 0 Å². The fourth-order valence-electron chi connectivity index (χ4n) is 0.945. The minimum absolute atomic E-state index is 0.0375. The van der Waals surface area contributed by atoms with Gasteiger partial charge >= 0.3 is 0 Å². The van der Waals surface area contributed by atoms with Crippen LogP contribution >= 0.6 is 11.3 Å². The van der Waals surface area contributed by atoms with Gasteiger partial charge in [-0.15, -0.1) is 16.4 Å². The van der Waals surface area contributed by atoms with Gasteiger partial charge in [-0.05, 0) is 6.92 Å². The van der Waals surface area contributed by atoms with Gasteiger partial charge in [-0.2, -0.15) is 4.98 Å². The lowest BCUT2D eigenvalue weighted by atomic mass is 10.6. The zero-order valence-corrected chi connectivity index (χ0v) is 8.63. The van der Waals surface area contributed by atoms with Crippen LogP contribution in [0.4, 0.5) is 11.1 Å². The van der Waals surface area contributed by atoms with E-state index < -0.39 is 5.91 Å². The van der Waals surface area contributed by atoms with Crippen molar-refractivity contribution in [2.75, 3.05) is 11.1 Å². The van der Waals surface area contributed by atoms with Crippen molar-refractivity contribution in [2.24, 2.45) is 0 Å². The first-order chi connectivity index (χ1) is 7.15. The number of nitrogens with two attached hydrogens (primary N) is 1. The highest BCUT2D eigenvalue weighted by Gasteiger charge is 2.12. The Morgan fingerprint density at radius 3 is 3.00 bits per heavy atom. The lowest BCUT2D eigenvalue weighted by Crippen LogP contribution is -2.13. The van der Waals surface area contributed by atoms with Crippen molar-refractivity contribution >= 4 is 28.3 Å². The minimum Gasteiger partial charge on any atom is -0.366 e. The summed E-state index contributed by atoms with van der Waals surface area (Å²) in [6.45, 7) is 1.90. The second-order valence-corrected chi connectivity index (χ2v) is 4.01. The van der Waals surface area contributed by atoms with E-state index in [4.69, 9.17) is 5.73 Å². The molecule has 0 saturated heterocycles. The largest absolute Gasteiger partial charge is 0.366 e. The number of aryl methyl sites for hydroxylation is 1. The number of hydrogen-bond donors (Lipinski definition) is 3. The highest BCUT2D eigenvalue weighted by Crippen LogP contribution is 2.16. The van der Waals surface area contributed by atoms with Gasteiger partial charge in [0.2, 0.25) is 11.8 Å². The predicted octanol–water partition coefficient (Wildman–Crippen LogP) is 0.404. The van der Waals surface area contributed by atoms with Gasteiger partial charge in [0.25, 0.3) is 5.91 Å². The Morgan fingerprint density at radius 2 is 2.47 bits per heavy atom. The maximum atomic E-state index is 11.5. The van der Waals surface area contributed by atoms with Crippen molar-refractivity contribution < 1.29 is 4.79 Å². The first kappa shape index (κ1) is 9.59. The van der Waals surface area contributed by atoms with Gasteiger partial charge in [-0.25, -0.2) is 4.98 Å². The number of H-pyrrole nitrogens is 1. The molecule has 8 heteroatoms. The molecule has 0 aliphatic rings. The molecule has 2 rings (SSSR count). The molecule has 2 heterocycles. The molecule has 2 aromatic heterocycles. The molecule has 4 N–H and O–H groups in total. The zero-order chi connectivity index (χ0) is 10.8. The number of anilines is 2. The third-order valence-corrected chi connectivity index (χ3v) is 2.39. The van der Waals surface area contributed by atoms with Crippen LogP contribution < -0.4 is 11.1 Å². The van der Waals surface area contributed by atoms with E-state index in [1.165, 1.54) is 11.3 Å². The second-order valence-electron chi connectivity index (χ2n) is 2.77. The molecule has 0 radical (unpaired) electrons. The number of carbonyl (C=O) groups excluding carboxylic acids is 1. The maximum absolute atomic E-state index is 11.5. The molecule has 1 amide bonds. The normalized spacial score (nSPS) is 10.2. The number of aromatic amines is 1. The average Bonchev–Trinajstić information content (AvgIpc) is 2.75. The Balaban J connectivity index is 2.10. The van der Waals surface area contributed by atoms with Gasteiger partial charge in [-0.1, -0.05) is 0 Å². The number of thiazole rings is 1.